The van der Waals surface area contributed by atoms with Gasteiger partial charge in [-0.1, -0.05) is 42.5 Å². The van der Waals surface area contributed by atoms with Crippen molar-refractivity contribution < 1.29 is 19.7 Å². The summed E-state index contributed by atoms with van der Waals surface area (Å²) in [6.07, 6.45) is 1.96. The van der Waals surface area contributed by atoms with Crippen molar-refractivity contribution in [3.8, 4) is 17.6 Å². The Balaban J connectivity index is 1.59. The van der Waals surface area contributed by atoms with Gasteiger partial charge in [0.2, 0.25) is 0 Å². The van der Waals surface area contributed by atoms with Gasteiger partial charge in [-0.3, -0.25) is 4.98 Å². The fourth-order valence-corrected chi connectivity index (χ4v) is 6.86. The maximum atomic E-state index is 12.9. The monoisotopic (exact) mass is 512 g/mol. The van der Waals surface area contributed by atoms with Gasteiger partial charge in [-0.15, -0.1) is 0 Å². The average Bonchev–Trinajstić information content (AvgIpc) is 3.33. The first kappa shape index (κ1) is 24.8. The highest BCUT2D eigenvalue weighted by Crippen LogP contribution is 2.69. The largest absolute Gasteiger partial charge is 0.495 e. The van der Waals surface area contributed by atoms with E-state index in [0.29, 0.717) is 34.7 Å². The summed E-state index contributed by atoms with van der Waals surface area (Å²) in [6.45, 7) is 4.26. The van der Waals surface area contributed by atoms with Crippen LogP contribution in [-0.2, 0) is 11.2 Å². The summed E-state index contributed by atoms with van der Waals surface area (Å²) in [6, 6.07) is 19.3. The quantitative estimate of drug-likeness (QED) is 0.538. The highest BCUT2D eigenvalue weighted by molar-refractivity contribution is 5.59. The minimum atomic E-state index is -1.83. The molecule has 8 nitrogen and oxygen atoms in total. The fraction of sp³-hybridized carbons (Fsp3) is 0.400. The maximum absolute atomic E-state index is 12.9. The predicted molar refractivity (Wildman–Crippen MR) is 141 cm³/mol. The van der Waals surface area contributed by atoms with Crippen LogP contribution in [0.3, 0.4) is 0 Å². The Labute approximate surface area is 222 Å². The Kier molecular flexibility index (Phi) is 6.12. The van der Waals surface area contributed by atoms with Crippen LogP contribution in [-0.4, -0.2) is 78.0 Å². The summed E-state index contributed by atoms with van der Waals surface area (Å²) >= 11 is 0. The zero-order valence-corrected chi connectivity index (χ0v) is 21.6. The van der Waals surface area contributed by atoms with Crippen molar-refractivity contribution in [3.05, 3.63) is 89.2 Å². The Morgan fingerprint density at radius 1 is 1.08 bits per heavy atom. The second kappa shape index (κ2) is 9.37. The maximum Gasteiger partial charge on any atom is 0.177 e. The molecule has 0 spiro atoms. The lowest BCUT2D eigenvalue weighted by Crippen LogP contribution is -2.52. The molecule has 2 fully saturated rings. The Bertz CT molecular complexity index is 1350. The fourth-order valence-electron chi connectivity index (χ4n) is 6.86. The number of nitriles is 1. The average molecular weight is 513 g/mol. The lowest BCUT2D eigenvalue weighted by atomic mass is 9.70. The van der Waals surface area contributed by atoms with E-state index in [2.05, 4.69) is 27.9 Å². The van der Waals surface area contributed by atoms with Gasteiger partial charge in [0.05, 0.1) is 42.8 Å². The SMILES string of the molecule is COc1cncc2c1[C@]1(O)[C@H](O)[C@H](CN3CCN(C)CC3)C(c3ccccc3)[C@]1(c1ccc(C#N)cc1)O2. The van der Waals surface area contributed by atoms with E-state index < -0.39 is 23.2 Å². The number of nitrogens with zero attached hydrogens (tertiary/aromatic N) is 4. The van der Waals surface area contributed by atoms with Crippen LogP contribution < -0.4 is 9.47 Å². The number of hydrogen-bond donors (Lipinski definition) is 2. The van der Waals surface area contributed by atoms with E-state index in [1.165, 1.54) is 7.11 Å². The number of aliphatic hydroxyl groups is 2. The first-order valence-electron chi connectivity index (χ1n) is 13.0. The van der Waals surface area contributed by atoms with Crippen LogP contribution in [0.25, 0.3) is 0 Å². The number of aliphatic hydroxyl groups excluding tert-OH is 1. The number of pyridine rings is 1. The summed E-state index contributed by atoms with van der Waals surface area (Å²) in [4.78, 5) is 8.95. The zero-order chi connectivity index (χ0) is 26.5. The predicted octanol–water partition coefficient (Wildman–Crippen LogP) is 2.46. The second-order valence-electron chi connectivity index (χ2n) is 10.6. The summed E-state index contributed by atoms with van der Waals surface area (Å²) in [5.41, 5.74) is -0.641. The van der Waals surface area contributed by atoms with Crippen molar-refractivity contribution in [3.63, 3.8) is 0 Å². The molecule has 0 radical (unpaired) electrons. The molecule has 3 aromatic rings. The van der Waals surface area contributed by atoms with Crippen LogP contribution in [0.5, 0.6) is 11.5 Å². The molecule has 2 aliphatic heterocycles. The molecule has 2 aromatic carbocycles. The lowest BCUT2D eigenvalue weighted by molar-refractivity contribution is -0.152. The third-order valence-corrected chi connectivity index (χ3v) is 8.68. The number of rotatable bonds is 5. The van der Waals surface area contributed by atoms with Gasteiger partial charge in [0.1, 0.15) is 11.5 Å². The topological polar surface area (TPSA) is 102 Å². The summed E-state index contributed by atoms with van der Waals surface area (Å²) < 4.78 is 12.5. The molecule has 38 heavy (non-hydrogen) atoms. The Morgan fingerprint density at radius 3 is 2.45 bits per heavy atom. The summed E-state index contributed by atoms with van der Waals surface area (Å²) in [5.74, 6) is -0.0123. The highest BCUT2D eigenvalue weighted by Gasteiger charge is 2.76. The molecule has 1 aliphatic carbocycles. The van der Waals surface area contributed by atoms with Crippen LogP contribution in [0.2, 0.25) is 0 Å². The third-order valence-electron chi connectivity index (χ3n) is 8.68. The first-order valence-corrected chi connectivity index (χ1v) is 13.0. The van der Waals surface area contributed by atoms with Gasteiger partial charge in [0.15, 0.2) is 11.2 Å². The van der Waals surface area contributed by atoms with Crippen LogP contribution in [0.15, 0.2) is 67.0 Å². The van der Waals surface area contributed by atoms with Gasteiger partial charge >= 0.3 is 0 Å². The number of likely N-dealkylation sites (N-methyl/N-ethyl adjacent to an activating group) is 1. The van der Waals surface area contributed by atoms with Gasteiger partial charge in [-0.2, -0.15) is 5.26 Å². The van der Waals surface area contributed by atoms with Crippen molar-refractivity contribution in [2.24, 2.45) is 5.92 Å². The van der Waals surface area contributed by atoms with E-state index in [1.807, 2.05) is 42.5 Å². The molecule has 6 rings (SSSR count). The van der Waals surface area contributed by atoms with E-state index in [-0.39, 0.29) is 5.92 Å². The number of hydrogen-bond acceptors (Lipinski definition) is 8. The molecule has 5 atom stereocenters. The van der Waals surface area contributed by atoms with Crippen LogP contribution in [0.1, 0.15) is 28.2 Å². The zero-order valence-electron chi connectivity index (χ0n) is 21.6. The summed E-state index contributed by atoms with van der Waals surface area (Å²) in [7, 11) is 3.65. The smallest absolute Gasteiger partial charge is 0.177 e. The number of aromatic nitrogens is 1. The number of ether oxygens (including phenoxy) is 2. The van der Waals surface area contributed by atoms with Gasteiger partial charge in [0.25, 0.3) is 0 Å². The molecule has 1 unspecified atom stereocenters. The standard InChI is InChI=1S/C30H32N4O4/c1-33-12-14-34(15-13-33)19-23-26(21-6-4-3-5-7-21)30(22-10-8-20(16-31)9-11-22)29(36,28(23)35)27-24(37-2)17-32-18-25(27)38-30/h3-11,17-18,23,26,28,35-36H,12-15,19H2,1-2H3/t23-,26?,28-,29+,30+/m1/s1. The molecule has 196 valence electrons. The molecule has 1 saturated heterocycles. The van der Waals surface area contributed by atoms with Crippen molar-refractivity contribution in [1.29, 1.82) is 5.26 Å². The van der Waals surface area contributed by atoms with E-state index in [4.69, 9.17) is 9.47 Å². The first-order chi connectivity index (χ1) is 18.4. The third kappa shape index (κ3) is 3.47. The van der Waals surface area contributed by atoms with E-state index in [1.54, 1.807) is 24.5 Å². The molecule has 8 heteroatoms. The van der Waals surface area contributed by atoms with Gasteiger partial charge in [0, 0.05) is 44.6 Å². The number of methoxy groups -OCH3 is 1. The second-order valence-corrected chi connectivity index (χ2v) is 10.6. The molecule has 1 aromatic heterocycles. The molecule has 2 N–H and O–H groups in total. The summed E-state index contributed by atoms with van der Waals surface area (Å²) in [5, 5.41) is 34.6. The van der Waals surface area contributed by atoms with Gasteiger partial charge in [-0.25, -0.2) is 0 Å². The van der Waals surface area contributed by atoms with Gasteiger partial charge in [-0.05, 0) is 30.3 Å². The normalized spacial score (nSPS) is 30.8. The Morgan fingerprint density at radius 2 is 1.79 bits per heavy atom. The van der Waals surface area contributed by atoms with E-state index in [9.17, 15) is 15.5 Å². The molecule has 0 amide bonds. The Hall–Kier alpha value is -3.48. The van der Waals surface area contributed by atoms with Gasteiger partial charge < -0.3 is 29.5 Å². The molecule has 1 saturated carbocycles. The molecule has 0 bridgehead atoms. The van der Waals surface area contributed by atoms with Crippen LogP contribution >= 0.6 is 0 Å². The highest BCUT2D eigenvalue weighted by atomic mass is 16.5. The minimum absolute atomic E-state index is 0.354. The van der Waals surface area contributed by atoms with Crippen molar-refractivity contribution in [1.82, 2.24) is 14.8 Å². The van der Waals surface area contributed by atoms with Crippen LogP contribution in [0, 0.1) is 17.2 Å². The van der Waals surface area contributed by atoms with E-state index in [0.717, 1.165) is 31.7 Å². The minimum Gasteiger partial charge on any atom is -0.495 e. The molecular weight excluding hydrogens is 480 g/mol. The van der Waals surface area contributed by atoms with Crippen molar-refractivity contribution in [2.45, 2.75) is 23.2 Å². The number of fused-ring (bicyclic) bond motifs is 3. The van der Waals surface area contributed by atoms with Crippen molar-refractivity contribution >= 4 is 0 Å². The van der Waals surface area contributed by atoms with Crippen LogP contribution in [0.4, 0.5) is 0 Å². The lowest BCUT2D eigenvalue weighted by Gasteiger charge is -2.41. The molecule has 3 heterocycles. The van der Waals surface area contributed by atoms with E-state index >= 15 is 0 Å². The number of benzene rings is 2. The number of piperazine rings is 1. The van der Waals surface area contributed by atoms with Crippen molar-refractivity contribution in [2.75, 3.05) is 46.9 Å². The molecule has 3 aliphatic rings. The molecular formula is C30H32N4O4.